The van der Waals surface area contributed by atoms with Gasteiger partial charge in [0.15, 0.2) is 11.6 Å². The Kier molecular flexibility index (Phi) is 5.02. The fourth-order valence-electron chi connectivity index (χ4n) is 4.33. The normalized spacial score (nSPS) is 18.6. The molecule has 0 bridgehead atoms. The summed E-state index contributed by atoms with van der Waals surface area (Å²) < 4.78 is 27.9. The minimum absolute atomic E-state index is 0.0651. The maximum Gasteiger partial charge on any atom is 0.274 e. The number of hydrogen-bond acceptors (Lipinski definition) is 4. The molecule has 2 aromatic carbocycles. The second-order valence-corrected chi connectivity index (χ2v) is 9.74. The average Bonchev–Trinajstić information content (AvgIpc) is 3.47. The number of amides is 1. The number of nitrogens with zero attached hydrogens (tertiary/aromatic N) is 3. The number of carbonyl (C=O) groups is 1. The molecule has 5 rings (SSSR count). The van der Waals surface area contributed by atoms with Crippen LogP contribution in [0.3, 0.4) is 0 Å². The van der Waals surface area contributed by atoms with Crippen LogP contribution in [0.2, 0.25) is 5.02 Å². The molecule has 0 saturated carbocycles. The van der Waals surface area contributed by atoms with Crippen molar-refractivity contribution in [2.75, 3.05) is 6.54 Å². The number of aromatic nitrogens is 3. The monoisotopic (exact) mass is 472 g/mol. The zero-order valence-electron chi connectivity index (χ0n) is 17.4. The number of likely N-dealkylation sites (tertiary alicyclic amines) is 1. The number of halogens is 3. The van der Waals surface area contributed by atoms with Gasteiger partial charge in [-0.05, 0) is 56.5 Å². The van der Waals surface area contributed by atoms with Gasteiger partial charge in [-0.25, -0.2) is 18.7 Å². The second kappa shape index (κ2) is 7.64. The third-order valence-electron chi connectivity index (χ3n) is 5.97. The van der Waals surface area contributed by atoms with Crippen molar-refractivity contribution in [1.29, 1.82) is 0 Å². The maximum absolute atomic E-state index is 14.3. The van der Waals surface area contributed by atoms with Gasteiger partial charge < -0.3 is 9.88 Å². The van der Waals surface area contributed by atoms with E-state index in [1.165, 1.54) is 17.4 Å². The van der Waals surface area contributed by atoms with Crippen LogP contribution in [-0.2, 0) is 5.54 Å². The number of imidazole rings is 1. The molecule has 1 amide bonds. The highest BCUT2D eigenvalue weighted by atomic mass is 35.5. The topological polar surface area (TPSA) is 61.9 Å². The highest BCUT2D eigenvalue weighted by Gasteiger charge is 2.45. The summed E-state index contributed by atoms with van der Waals surface area (Å²) in [5.74, 6) is -1.75. The Morgan fingerprint density at radius 2 is 2.06 bits per heavy atom. The van der Waals surface area contributed by atoms with Crippen molar-refractivity contribution in [1.82, 2.24) is 19.9 Å². The van der Waals surface area contributed by atoms with Crippen LogP contribution in [0, 0.1) is 18.6 Å². The molecular formula is C23H19ClF2N4OS. The summed E-state index contributed by atoms with van der Waals surface area (Å²) in [6.07, 6.45) is 1.39. The van der Waals surface area contributed by atoms with Crippen LogP contribution in [-0.4, -0.2) is 32.3 Å². The lowest BCUT2D eigenvalue weighted by atomic mass is 9.97. The minimum Gasteiger partial charge on any atom is -0.340 e. The molecule has 1 aliphatic rings. The van der Waals surface area contributed by atoms with Crippen LogP contribution in [0.4, 0.5) is 8.78 Å². The number of carbonyl (C=O) groups excluding carboxylic acids is 1. The highest BCUT2D eigenvalue weighted by Crippen LogP contribution is 2.41. The van der Waals surface area contributed by atoms with Crippen LogP contribution in [0.5, 0.6) is 0 Å². The number of H-pyrrole nitrogens is 1. The van der Waals surface area contributed by atoms with E-state index in [0.29, 0.717) is 35.0 Å². The van der Waals surface area contributed by atoms with Crippen molar-refractivity contribution < 1.29 is 13.6 Å². The van der Waals surface area contributed by atoms with Crippen molar-refractivity contribution in [3.63, 3.8) is 0 Å². The van der Waals surface area contributed by atoms with Crippen LogP contribution in [0.1, 0.15) is 41.1 Å². The summed E-state index contributed by atoms with van der Waals surface area (Å²) in [5.41, 5.74) is 0.709. The van der Waals surface area contributed by atoms with Crippen LogP contribution in [0.25, 0.3) is 21.5 Å². The zero-order chi connectivity index (χ0) is 22.6. The number of aryl methyl sites for hydroxylation is 1. The van der Waals surface area contributed by atoms with Gasteiger partial charge >= 0.3 is 0 Å². The molecule has 0 aliphatic carbocycles. The Labute approximate surface area is 192 Å². The predicted octanol–water partition coefficient (Wildman–Crippen LogP) is 6.08. The van der Waals surface area contributed by atoms with E-state index in [4.69, 9.17) is 11.6 Å². The van der Waals surface area contributed by atoms with Crippen molar-refractivity contribution in [3.8, 4) is 10.4 Å². The Morgan fingerprint density at radius 3 is 2.84 bits per heavy atom. The lowest BCUT2D eigenvalue weighted by Gasteiger charge is -2.33. The minimum atomic E-state index is -0.997. The summed E-state index contributed by atoms with van der Waals surface area (Å²) in [4.78, 5) is 28.2. The zero-order valence-corrected chi connectivity index (χ0v) is 18.9. The van der Waals surface area contributed by atoms with Gasteiger partial charge in [0, 0.05) is 11.6 Å². The lowest BCUT2D eigenvalue weighted by molar-refractivity contribution is 0.0601. The summed E-state index contributed by atoms with van der Waals surface area (Å²) >= 11 is 7.60. The number of rotatable bonds is 3. The molecule has 1 atom stereocenters. The van der Waals surface area contributed by atoms with E-state index in [1.807, 2.05) is 32.0 Å². The third kappa shape index (κ3) is 3.29. The molecular weight excluding hydrogens is 454 g/mol. The first-order chi connectivity index (χ1) is 15.3. The van der Waals surface area contributed by atoms with Crippen LogP contribution >= 0.6 is 22.9 Å². The van der Waals surface area contributed by atoms with E-state index in [-0.39, 0.29) is 11.4 Å². The first-order valence-electron chi connectivity index (χ1n) is 10.2. The smallest absolute Gasteiger partial charge is 0.274 e. The van der Waals surface area contributed by atoms with Gasteiger partial charge in [-0.3, -0.25) is 4.79 Å². The number of aromatic amines is 1. The number of thiazole rings is 1. The molecule has 5 nitrogen and oxygen atoms in total. The van der Waals surface area contributed by atoms with E-state index in [1.54, 1.807) is 11.0 Å². The summed E-state index contributed by atoms with van der Waals surface area (Å²) in [5, 5.41) is 1.35. The Hall–Kier alpha value is -2.84. The van der Waals surface area contributed by atoms with Crippen molar-refractivity contribution >= 4 is 39.9 Å². The SMILES string of the molecule is Cc1nc(C(=O)N2CCCC2(C)c2nc3c(F)c(F)ccc3[nH]2)c(-c2cccc(Cl)c2)s1. The molecule has 3 heterocycles. The van der Waals surface area contributed by atoms with Gasteiger partial charge in [-0.15, -0.1) is 11.3 Å². The van der Waals surface area contributed by atoms with Crippen LogP contribution < -0.4 is 0 Å². The van der Waals surface area contributed by atoms with E-state index in [2.05, 4.69) is 15.0 Å². The molecule has 0 radical (unpaired) electrons. The highest BCUT2D eigenvalue weighted by molar-refractivity contribution is 7.15. The third-order valence-corrected chi connectivity index (χ3v) is 7.22. The predicted molar refractivity (Wildman–Crippen MR) is 121 cm³/mol. The molecule has 0 spiro atoms. The fraction of sp³-hybridized carbons (Fsp3) is 0.261. The van der Waals surface area contributed by atoms with Crippen molar-refractivity contribution in [2.45, 2.75) is 32.2 Å². The van der Waals surface area contributed by atoms with Gasteiger partial charge in [0.05, 0.1) is 20.9 Å². The van der Waals surface area contributed by atoms with E-state index in [0.717, 1.165) is 27.9 Å². The molecule has 32 heavy (non-hydrogen) atoms. The molecule has 1 saturated heterocycles. The standard InChI is InChI=1S/C23H19ClF2N4OS/c1-12-27-19(20(32-12)13-5-3-6-14(24)11-13)21(31)30-10-4-9-23(30,2)22-28-16-8-7-15(25)17(26)18(16)29-22/h3,5-8,11H,4,9-10H2,1-2H3,(H,28,29). The summed E-state index contributed by atoms with van der Waals surface area (Å²) in [6, 6.07) is 9.84. The lowest BCUT2D eigenvalue weighted by Crippen LogP contribution is -2.44. The first-order valence-corrected chi connectivity index (χ1v) is 11.4. The summed E-state index contributed by atoms with van der Waals surface area (Å²) in [7, 11) is 0. The van der Waals surface area contributed by atoms with Crippen molar-refractivity contribution in [3.05, 3.63) is 69.6 Å². The number of hydrogen-bond donors (Lipinski definition) is 1. The first kappa shape index (κ1) is 21.0. The number of nitrogens with one attached hydrogen (secondary N) is 1. The van der Waals surface area contributed by atoms with Crippen LogP contribution in [0.15, 0.2) is 36.4 Å². The number of benzene rings is 2. The average molecular weight is 473 g/mol. The van der Waals surface area contributed by atoms with E-state index >= 15 is 0 Å². The van der Waals surface area contributed by atoms with Gasteiger partial charge in [-0.1, -0.05) is 23.7 Å². The fourth-order valence-corrected chi connectivity index (χ4v) is 5.43. The quantitative estimate of drug-likeness (QED) is 0.393. The van der Waals surface area contributed by atoms with E-state index < -0.39 is 17.2 Å². The Morgan fingerprint density at radius 1 is 1.25 bits per heavy atom. The molecule has 1 fully saturated rings. The molecule has 164 valence electrons. The van der Waals surface area contributed by atoms with Gasteiger partial charge in [-0.2, -0.15) is 0 Å². The maximum atomic E-state index is 14.3. The molecule has 1 N–H and O–H groups in total. The van der Waals surface area contributed by atoms with Gasteiger partial charge in [0.2, 0.25) is 0 Å². The molecule has 1 aliphatic heterocycles. The second-order valence-electron chi connectivity index (χ2n) is 8.10. The largest absolute Gasteiger partial charge is 0.340 e. The molecule has 1 unspecified atom stereocenters. The molecule has 4 aromatic rings. The Bertz CT molecular complexity index is 1370. The Balaban J connectivity index is 1.57. The molecule has 9 heteroatoms. The van der Waals surface area contributed by atoms with E-state index in [9.17, 15) is 13.6 Å². The van der Waals surface area contributed by atoms with Crippen molar-refractivity contribution in [2.24, 2.45) is 0 Å². The van der Waals surface area contributed by atoms with Gasteiger partial charge in [0.1, 0.15) is 17.0 Å². The molecule has 2 aromatic heterocycles. The van der Waals surface area contributed by atoms with Gasteiger partial charge in [0.25, 0.3) is 5.91 Å². The summed E-state index contributed by atoms with van der Waals surface area (Å²) in [6.45, 7) is 4.26. The number of fused-ring (bicyclic) bond motifs is 1.